The molecule has 0 bridgehead atoms. The predicted molar refractivity (Wildman–Crippen MR) is 95.9 cm³/mol. The molecule has 122 valence electrons. The first-order chi connectivity index (χ1) is 11.2. The van der Waals surface area contributed by atoms with Crippen LogP contribution in [0.15, 0.2) is 59.5 Å². The number of carbonyl (C=O) groups is 1. The van der Waals surface area contributed by atoms with Gasteiger partial charge in [0.2, 0.25) is 0 Å². The molecule has 0 aromatic heterocycles. The molecule has 0 radical (unpaired) electrons. The lowest BCUT2D eigenvalue weighted by atomic mass is 10.0. The molecule has 4 nitrogen and oxygen atoms in total. The van der Waals surface area contributed by atoms with Crippen LogP contribution in [0.1, 0.15) is 24.4 Å². The van der Waals surface area contributed by atoms with Crippen LogP contribution in [-0.4, -0.2) is 24.0 Å². The van der Waals surface area contributed by atoms with Crippen molar-refractivity contribution in [3.05, 3.63) is 60.2 Å². The summed E-state index contributed by atoms with van der Waals surface area (Å²) in [6.07, 6.45) is 3.35. The van der Waals surface area contributed by atoms with Crippen molar-refractivity contribution in [3.63, 3.8) is 0 Å². The van der Waals surface area contributed by atoms with Crippen molar-refractivity contribution in [2.24, 2.45) is 0 Å². The van der Waals surface area contributed by atoms with E-state index in [4.69, 9.17) is 5.11 Å². The van der Waals surface area contributed by atoms with Crippen molar-refractivity contribution in [1.82, 2.24) is 5.32 Å². The number of hydrogen-bond donors (Lipinski definition) is 3. The molecule has 0 fully saturated rings. The van der Waals surface area contributed by atoms with Crippen molar-refractivity contribution in [1.29, 1.82) is 0 Å². The van der Waals surface area contributed by atoms with E-state index in [0.717, 1.165) is 16.1 Å². The monoisotopic (exact) mass is 330 g/mol. The maximum Gasteiger partial charge on any atom is 0.319 e. The summed E-state index contributed by atoms with van der Waals surface area (Å²) in [6.45, 7) is 0.114. The van der Waals surface area contributed by atoms with E-state index in [9.17, 15) is 4.79 Å². The summed E-state index contributed by atoms with van der Waals surface area (Å²) in [6, 6.07) is 17.2. The summed E-state index contributed by atoms with van der Waals surface area (Å²) in [5.41, 5.74) is 1.79. The van der Waals surface area contributed by atoms with E-state index in [1.807, 2.05) is 60.9 Å². The molecule has 2 aromatic carbocycles. The van der Waals surface area contributed by atoms with Gasteiger partial charge in [-0.2, -0.15) is 0 Å². The molecule has 0 spiro atoms. The van der Waals surface area contributed by atoms with E-state index in [-0.39, 0.29) is 18.7 Å². The summed E-state index contributed by atoms with van der Waals surface area (Å²) in [5.74, 6) is 0. The van der Waals surface area contributed by atoms with Gasteiger partial charge in [-0.25, -0.2) is 4.79 Å². The van der Waals surface area contributed by atoms with Gasteiger partial charge < -0.3 is 15.7 Å². The number of nitrogens with one attached hydrogen (secondary N) is 2. The van der Waals surface area contributed by atoms with Crippen LogP contribution in [0, 0.1) is 0 Å². The van der Waals surface area contributed by atoms with Crippen molar-refractivity contribution in [2.45, 2.75) is 23.8 Å². The number of rotatable bonds is 7. The zero-order valence-electron chi connectivity index (χ0n) is 13.2. The molecule has 0 heterocycles. The lowest BCUT2D eigenvalue weighted by Crippen LogP contribution is -2.32. The Balaban J connectivity index is 1.98. The molecule has 0 saturated heterocycles. The van der Waals surface area contributed by atoms with Gasteiger partial charge >= 0.3 is 6.03 Å². The lowest BCUT2D eigenvalue weighted by Gasteiger charge is -2.19. The minimum atomic E-state index is -0.242. The number of aliphatic hydroxyl groups excluding tert-OH is 1. The Morgan fingerprint density at radius 3 is 2.43 bits per heavy atom. The molecule has 2 rings (SSSR count). The Morgan fingerprint density at radius 1 is 1.13 bits per heavy atom. The molecule has 1 unspecified atom stereocenters. The van der Waals surface area contributed by atoms with Crippen LogP contribution in [0.4, 0.5) is 10.5 Å². The number of carbonyl (C=O) groups excluding carboxylic acids is 1. The highest BCUT2D eigenvalue weighted by atomic mass is 32.2. The summed E-state index contributed by atoms with van der Waals surface area (Å²) >= 11 is 1.66. The number of urea groups is 1. The Hall–Kier alpha value is -1.98. The third kappa shape index (κ3) is 5.62. The van der Waals surface area contributed by atoms with E-state index in [0.29, 0.717) is 12.8 Å². The fourth-order valence-corrected chi connectivity index (χ4v) is 2.71. The van der Waals surface area contributed by atoms with Gasteiger partial charge in [0, 0.05) is 17.2 Å². The zero-order chi connectivity index (χ0) is 16.5. The topological polar surface area (TPSA) is 61.4 Å². The number of amides is 2. The van der Waals surface area contributed by atoms with E-state index < -0.39 is 0 Å². The highest BCUT2D eigenvalue weighted by molar-refractivity contribution is 7.98. The summed E-state index contributed by atoms with van der Waals surface area (Å²) in [7, 11) is 0. The summed E-state index contributed by atoms with van der Waals surface area (Å²) < 4.78 is 0. The van der Waals surface area contributed by atoms with Crippen molar-refractivity contribution in [3.8, 4) is 0 Å². The maximum atomic E-state index is 12.2. The Bertz CT molecular complexity index is 602. The lowest BCUT2D eigenvalue weighted by molar-refractivity contribution is 0.244. The van der Waals surface area contributed by atoms with Gasteiger partial charge in [0.05, 0.1) is 6.04 Å². The highest BCUT2D eigenvalue weighted by Gasteiger charge is 2.14. The number of thioether (sulfide) groups is 1. The van der Waals surface area contributed by atoms with Gasteiger partial charge in [0.25, 0.3) is 0 Å². The third-order valence-corrected chi connectivity index (χ3v) is 4.25. The summed E-state index contributed by atoms with van der Waals surface area (Å²) in [4.78, 5) is 13.4. The number of anilines is 1. The second kappa shape index (κ2) is 9.22. The molecule has 3 N–H and O–H groups in total. The van der Waals surface area contributed by atoms with Gasteiger partial charge in [0.1, 0.15) is 0 Å². The average molecular weight is 330 g/mol. The molecule has 2 amide bonds. The molecule has 0 aliphatic heterocycles. The molecular weight excluding hydrogens is 308 g/mol. The van der Waals surface area contributed by atoms with Crippen molar-refractivity contribution < 1.29 is 9.90 Å². The largest absolute Gasteiger partial charge is 0.396 e. The molecule has 0 aliphatic carbocycles. The molecule has 5 heteroatoms. The molecule has 23 heavy (non-hydrogen) atoms. The van der Waals surface area contributed by atoms with Crippen LogP contribution in [0.3, 0.4) is 0 Å². The standard InChI is InChI=1S/C18H22N2O2S/c1-23-16-11-9-15(10-12-16)19-18(22)20-17(8-5-13-21)14-6-3-2-4-7-14/h2-4,6-7,9-12,17,21H,5,8,13H2,1H3,(H2,19,20,22). The minimum absolute atomic E-state index is 0.114. The average Bonchev–Trinajstić information content (AvgIpc) is 2.60. The maximum absolute atomic E-state index is 12.2. The van der Waals surface area contributed by atoms with Crippen LogP contribution in [-0.2, 0) is 0 Å². The smallest absolute Gasteiger partial charge is 0.319 e. The SMILES string of the molecule is CSc1ccc(NC(=O)NC(CCCO)c2ccccc2)cc1. The van der Waals surface area contributed by atoms with E-state index in [2.05, 4.69) is 10.6 Å². The van der Waals surface area contributed by atoms with E-state index in [1.54, 1.807) is 11.8 Å². The molecule has 1 atom stereocenters. The van der Waals surface area contributed by atoms with Gasteiger partial charge in [-0.1, -0.05) is 30.3 Å². The molecule has 0 aliphatic rings. The van der Waals surface area contributed by atoms with E-state index in [1.165, 1.54) is 0 Å². The van der Waals surface area contributed by atoms with Crippen LogP contribution in [0.2, 0.25) is 0 Å². The predicted octanol–water partition coefficient (Wildman–Crippen LogP) is 4.04. The van der Waals surface area contributed by atoms with Gasteiger partial charge in [-0.05, 0) is 48.9 Å². The van der Waals surface area contributed by atoms with Crippen LogP contribution < -0.4 is 10.6 Å². The van der Waals surface area contributed by atoms with Gasteiger partial charge in [0.15, 0.2) is 0 Å². The number of hydrogen-bond acceptors (Lipinski definition) is 3. The van der Waals surface area contributed by atoms with Crippen LogP contribution in [0.25, 0.3) is 0 Å². The highest BCUT2D eigenvalue weighted by Crippen LogP contribution is 2.20. The van der Waals surface area contributed by atoms with Crippen molar-refractivity contribution in [2.75, 3.05) is 18.2 Å². The zero-order valence-corrected chi connectivity index (χ0v) is 14.0. The summed E-state index contributed by atoms with van der Waals surface area (Å²) in [5, 5.41) is 14.9. The molecule has 2 aromatic rings. The van der Waals surface area contributed by atoms with Gasteiger partial charge in [-0.3, -0.25) is 0 Å². The van der Waals surface area contributed by atoms with Gasteiger partial charge in [-0.15, -0.1) is 11.8 Å². The third-order valence-electron chi connectivity index (χ3n) is 3.51. The molecule has 0 saturated carbocycles. The second-order valence-corrected chi connectivity index (χ2v) is 6.04. The Morgan fingerprint density at radius 2 is 1.83 bits per heavy atom. The first-order valence-corrected chi connectivity index (χ1v) is 8.83. The first-order valence-electron chi connectivity index (χ1n) is 7.60. The molecular formula is C18H22N2O2S. The number of benzene rings is 2. The van der Waals surface area contributed by atoms with Crippen LogP contribution in [0.5, 0.6) is 0 Å². The number of aliphatic hydroxyl groups is 1. The fraction of sp³-hybridized carbons (Fsp3) is 0.278. The first kappa shape index (κ1) is 17.4. The van der Waals surface area contributed by atoms with Crippen molar-refractivity contribution >= 4 is 23.5 Å². The normalized spacial score (nSPS) is 11.7. The van der Waals surface area contributed by atoms with E-state index >= 15 is 0 Å². The Kier molecular flexibility index (Phi) is 6.97. The minimum Gasteiger partial charge on any atom is -0.396 e. The fourth-order valence-electron chi connectivity index (χ4n) is 2.30. The Labute approximate surface area is 141 Å². The van der Waals surface area contributed by atoms with Crippen LogP contribution >= 0.6 is 11.8 Å². The quantitative estimate of drug-likeness (QED) is 0.671. The second-order valence-electron chi connectivity index (χ2n) is 5.16.